The zero-order valence-corrected chi connectivity index (χ0v) is 13.2. The summed E-state index contributed by atoms with van der Waals surface area (Å²) in [7, 11) is 0. The molecule has 0 spiro atoms. The molecule has 0 radical (unpaired) electrons. The summed E-state index contributed by atoms with van der Waals surface area (Å²) in [6.45, 7) is 3.76. The maximum absolute atomic E-state index is 12.8. The molecule has 2 atom stereocenters. The Hall–Kier alpha value is -1.91. The Morgan fingerprint density at radius 1 is 1.05 bits per heavy atom. The highest BCUT2D eigenvalue weighted by Gasteiger charge is 2.16. The number of carbonyl (C=O) groups excluding carboxylic acids is 1. The second kappa shape index (κ2) is 7.38. The Labute approximate surface area is 134 Å². The molecule has 0 saturated carbocycles. The first-order valence-electron chi connectivity index (χ1n) is 7.03. The van der Waals surface area contributed by atoms with Crippen molar-refractivity contribution in [2.75, 3.05) is 5.32 Å². The van der Waals surface area contributed by atoms with E-state index in [4.69, 9.17) is 11.6 Å². The highest BCUT2D eigenvalue weighted by Crippen LogP contribution is 2.17. The van der Waals surface area contributed by atoms with Gasteiger partial charge in [0.25, 0.3) is 0 Å². The molecular weight excluding hydrogens is 303 g/mol. The van der Waals surface area contributed by atoms with E-state index in [0.717, 1.165) is 5.56 Å². The quantitative estimate of drug-likeness (QED) is 0.868. The molecule has 0 fully saturated rings. The Bertz CT molecular complexity index is 628. The minimum atomic E-state index is -0.393. The van der Waals surface area contributed by atoms with Crippen LogP contribution in [0.2, 0.25) is 5.02 Å². The van der Waals surface area contributed by atoms with Gasteiger partial charge in [-0.15, -0.1) is 0 Å². The first-order valence-corrected chi connectivity index (χ1v) is 7.41. The summed E-state index contributed by atoms with van der Waals surface area (Å²) in [6, 6.07) is 12.8. The number of hydrogen-bond donors (Lipinski definition) is 2. The van der Waals surface area contributed by atoms with Gasteiger partial charge in [-0.25, -0.2) is 4.39 Å². The van der Waals surface area contributed by atoms with Crippen molar-refractivity contribution in [2.45, 2.75) is 25.9 Å². The fourth-order valence-electron chi connectivity index (χ4n) is 2.08. The molecule has 2 rings (SSSR count). The predicted octanol–water partition coefficient (Wildman–Crippen LogP) is 4.16. The Balaban J connectivity index is 1.93. The van der Waals surface area contributed by atoms with Crippen molar-refractivity contribution in [3.05, 3.63) is 64.9 Å². The molecule has 5 heteroatoms. The lowest BCUT2D eigenvalue weighted by molar-refractivity contribution is -0.117. The van der Waals surface area contributed by atoms with Gasteiger partial charge in [-0.05, 0) is 55.8 Å². The number of halogens is 2. The summed E-state index contributed by atoms with van der Waals surface area (Å²) < 4.78 is 12.8. The highest BCUT2D eigenvalue weighted by atomic mass is 35.5. The van der Waals surface area contributed by atoms with Gasteiger partial charge in [0, 0.05) is 16.8 Å². The van der Waals surface area contributed by atoms with Gasteiger partial charge in [0.15, 0.2) is 0 Å². The number of amides is 1. The largest absolute Gasteiger partial charge is 0.325 e. The van der Waals surface area contributed by atoms with Gasteiger partial charge in [-0.3, -0.25) is 10.1 Å². The van der Waals surface area contributed by atoms with Crippen LogP contribution >= 0.6 is 11.6 Å². The first-order chi connectivity index (χ1) is 10.5. The number of hydrogen-bond acceptors (Lipinski definition) is 2. The average molecular weight is 321 g/mol. The van der Waals surface area contributed by atoms with Crippen molar-refractivity contribution in [1.29, 1.82) is 0 Å². The van der Waals surface area contributed by atoms with Gasteiger partial charge in [-0.1, -0.05) is 23.7 Å². The standard InChI is InChI=1S/C17H18ClFN2O/c1-11(13-3-5-14(18)6-4-13)20-12(2)17(22)21-16-9-7-15(19)8-10-16/h3-12,20H,1-2H3,(H,21,22)/t11-,12-/m0/s1. The molecule has 2 N–H and O–H groups in total. The van der Waals surface area contributed by atoms with Gasteiger partial charge in [0.1, 0.15) is 5.82 Å². The van der Waals surface area contributed by atoms with Crippen LogP contribution in [0.4, 0.5) is 10.1 Å². The molecular formula is C17H18ClFN2O. The molecule has 0 aliphatic carbocycles. The van der Waals surface area contributed by atoms with E-state index in [1.165, 1.54) is 24.3 Å². The summed E-state index contributed by atoms with van der Waals surface area (Å²) in [6.07, 6.45) is 0. The summed E-state index contributed by atoms with van der Waals surface area (Å²) in [5.74, 6) is -0.507. The number of nitrogens with one attached hydrogen (secondary N) is 2. The minimum absolute atomic E-state index is 0.00577. The van der Waals surface area contributed by atoms with E-state index in [0.29, 0.717) is 10.7 Å². The summed E-state index contributed by atoms with van der Waals surface area (Å²) in [5.41, 5.74) is 1.62. The molecule has 0 heterocycles. The van der Waals surface area contributed by atoms with E-state index in [-0.39, 0.29) is 17.8 Å². The lowest BCUT2D eigenvalue weighted by atomic mass is 10.1. The maximum Gasteiger partial charge on any atom is 0.241 e. The van der Waals surface area contributed by atoms with Crippen molar-refractivity contribution in [2.24, 2.45) is 0 Å². The van der Waals surface area contributed by atoms with Crippen LogP contribution in [0.3, 0.4) is 0 Å². The van der Waals surface area contributed by atoms with Crippen molar-refractivity contribution in [1.82, 2.24) is 5.32 Å². The molecule has 0 aliphatic heterocycles. The number of benzene rings is 2. The molecule has 0 saturated heterocycles. The van der Waals surface area contributed by atoms with Gasteiger partial charge in [0.05, 0.1) is 6.04 Å². The number of carbonyl (C=O) groups is 1. The van der Waals surface area contributed by atoms with Gasteiger partial charge < -0.3 is 5.32 Å². The summed E-state index contributed by atoms with van der Waals surface area (Å²) in [4.78, 5) is 12.1. The molecule has 2 aromatic rings. The lowest BCUT2D eigenvalue weighted by Crippen LogP contribution is -2.39. The molecule has 3 nitrogen and oxygen atoms in total. The molecule has 0 unspecified atom stereocenters. The normalized spacial score (nSPS) is 13.5. The molecule has 1 amide bonds. The van der Waals surface area contributed by atoms with Gasteiger partial charge >= 0.3 is 0 Å². The van der Waals surface area contributed by atoms with E-state index in [1.807, 2.05) is 31.2 Å². The third kappa shape index (κ3) is 4.55. The highest BCUT2D eigenvalue weighted by molar-refractivity contribution is 6.30. The first kappa shape index (κ1) is 16.5. The SMILES string of the molecule is C[C@H](N[C@@H](C)c1ccc(Cl)cc1)C(=O)Nc1ccc(F)cc1. The van der Waals surface area contributed by atoms with E-state index in [1.54, 1.807) is 6.92 Å². The van der Waals surface area contributed by atoms with Crippen LogP contribution in [0.25, 0.3) is 0 Å². The third-order valence-corrected chi connectivity index (χ3v) is 3.63. The second-order valence-corrected chi connectivity index (χ2v) is 5.59. The van der Waals surface area contributed by atoms with E-state index < -0.39 is 6.04 Å². The molecule has 0 aliphatic rings. The molecule has 0 bridgehead atoms. The maximum atomic E-state index is 12.8. The zero-order chi connectivity index (χ0) is 16.1. The van der Waals surface area contributed by atoms with Crippen LogP contribution < -0.4 is 10.6 Å². The Morgan fingerprint density at radius 2 is 1.64 bits per heavy atom. The van der Waals surface area contributed by atoms with E-state index >= 15 is 0 Å². The average Bonchev–Trinajstić information content (AvgIpc) is 2.50. The topological polar surface area (TPSA) is 41.1 Å². The molecule has 116 valence electrons. The van der Waals surface area contributed by atoms with Crippen molar-refractivity contribution in [3.8, 4) is 0 Å². The van der Waals surface area contributed by atoms with Crippen LogP contribution in [0, 0.1) is 5.82 Å². The van der Waals surface area contributed by atoms with Crippen LogP contribution in [-0.2, 0) is 4.79 Å². The van der Waals surface area contributed by atoms with E-state index in [2.05, 4.69) is 10.6 Å². The Kier molecular flexibility index (Phi) is 5.52. The number of rotatable bonds is 5. The van der Waals surface area contributed by atoms with Crippen LogP contribution in [0.1, 0.15) is 25.5 Å². The fraction of sp³-hybridized carbons (Fsp3) is 0.235. The summed E-state index contributed by atoms with van der Waals surface area (Å²) in [5, 5.41) is 6.64. The zero-order valence-electron chi connectivity index (χ0n) is 12.4. The summed E-state index contributed by atoms with van der Waals surface area (Å²) >= 11 is 5.86. The second-order valence-electron chi connectivity index (χ2n) is 5.16. The lowest BCUT2D eigenvalue weighted by Gasteiger charge is -2.20. The predicted molar refractivity (Wildman–Crippen MR) is 87.5 cm³/mol. The smallest absolute Gasteiger partial charge is 0.241 e. The molecule has 0 aromatic heterocycles. The number of anilines is 1. The molecule has 2 aromatic carbocycles. The van der Waals surface area contributed by atoms with Gasteiger partial charge in [-0.2, -0.15) is 0 Å². The Morgan fingerprint density at radius 3 is 2.23 bits per heavy atom. The van der Waals surface area contributed by atoms with Crippen LogP contribution in [0.5, 0.6) is 0 Å². The van der Waals surface area contributed by atoms with E-state index in [9.17, 15) is 9.18 Å². The fourth-order valence-corrected chi connectivity index (χ4v) is 2.21. The van der Waals surface area contributed by atoms with Gasteiger partial charge in [0.2, 0.25) is 5.91 Å². The van der Waals surface area contributed by atoms with Crippen LogP contribution in [-0.4, -0.2) is 11.9 Å². The van der Waals surface area contributed by atoms with Crippen molar-refractivity contribution >= 4 is 23.2 Å². The van der Waals surface area contributed by atoms with Crippen LogP contribution in [0.15, 0.2) is 48.5 Å². The van der Waals surface area contributed by atoms with Crippen molar-refractivity contribution < 1.29 is 9.18 Å². The minimum Gasteiger partial charge on any atom is -0.325 e. The molecule has 22 heavy (non-hydrogen) atoms. The third-order valence-electron chi connectivity index (χ3n) is 3.38. The monoisotopic (exact) mass is 320 g/mol. The van der Waals surface area contributed by atoms with Crippen molar-refractivity contribution in [3.63, 3.8) is 0 Å².